The molecular formula is C37H66O14. The Kier molecular flexibility index (Phi) is 15.1. The molecule has 18 atom stereocenters. The molecule has 0 aromatic carbocycles. The number of aliphatic hydroxyl groups excluding tert-OH is 3. The zero-order valence-corrected chi connectivity index (χ0v) is 32.9. The number of rotatable bonds is 8. The summed E-state index contributed by atoms with van der Waals surface area (Å²) in [6.07, 6.45) is -9.82. The molecule has 0 aromatic rings. The largest absolute Gasteiger partial charge is 0.459 e. The topological polar surface area (TPSA) is 189 Å². The van der Waals surface area contributed by atoms with E-state index in [0.717, 1.165) is 0 Å². The van der Waals surface area contributed by atoms with E-state index in [-0.39, 0.29) is 31.1 Å². The van der Waals surface area contributed by atoms with E-state index in [1.807, 2.05) is 13.8 Å². The number of aliphatic hydroxyl groups is 4. The molecule has 14 heteroatoms. The van der Waals surface area contributed by atoms with Gasteiger partial charge in [-0.25, -0.2) is 0 Å². The van der Waals surface area contributed by atoms with Crippen LogP contribution in [0.1, 0.15) is 94.9 Å². The number of Topliss-reactive ketones (excluding diaryl/α,β-unsaturated/α-hetero) is 1. The van der Waals surface area contributed by atoms with Crippen molar-refractivity contribution in [1.29, 1.82) is 0 Å². The summed E-state index contributed by atoms with van der Waals surface area (Å²) in [7, 11) is 4.49. The highest BCUT2D eigenvalue weighted by molar-refractivity contribution is 5.83. The third-order valence-electron chi connectivity index (χ3n) is 11.9. The number of carbonyl (C=O) groups is 2. The van der Waals surface area contributed by atoms with Gasteiger partial charge < -0.3 is 58.3 Å². The van der Waals surface area contributed by atoms with Crippen molar-refractivity contribution in [2.45, 2.75) is 179 Å². The van der Waals surface area contributed by atoms with Crippen LogP contribution in [-0.4, -0.2) is 138 Å². The Morgan fingerprint density at radius 1 is 0.824 bits per heavy atom. The average Bonchev–Trinajstić information content (AvgIpc) is 3.09. The minimum atomic E-state index is -1.97. The Balaban J connectivity index is 2.21. The molecule has 0 amide bonds. The molecule has 298 valence electrons. The summed E-state index contributed by atoms with van der Waals surface area (Å²) >= 11 is 0. The van der Waals surface area contributed by atoms with E-state index in [1.54, 1.807) is 48.5 Å². The lowest BCUT2D eigenvalue weighted by atomic mass is 9.74. The number of methoxy groups -OCH3 is 3. The third kappa shape index (κ3) is 9.33. The molecule has 3 aliphatic heterocycles. The van der Waals surface area contributed by atoms with Crippen molar-refractivity contribution < 1.29 is 67.9 Å². The van der Waals surface area contributed by atoms with Crippen molar-refractivity contribution in [1.82, 2.24) is 0 Å². The van der Waals surface area contributed by atoms with Crippen molar-refractivity contribution >= 4 is 11.8 Å². The van der Waals surface area contributed by atoms with Crippen LogP contribution in [0.2, 0.25) is 0 Å². The fourth-order valence-corrected chi connectivity index (χ4v) is 8.29. The second kappa shape index (κ2) is 17.4. The van der Waals surface area contributed by atoms with E-state index in [2.05, 4.69) is 0 Å². The fraction of sp³-hybridized carbons (Fsp3) is 0.946. The molecule has 14 nitrogen and oxygen atoms in total. The molecule has 51 heavy (non-hydrogen) atoms. The first kappa shape index (κ1) is 44.1. The van der Waals surface area contributed by atoms with Gasteiger partial charge in [0.1, 0.15) is 29.7 Å². The van der Waals surface area contributed by atoms with Gasteiger partial charge in [-0.3, -0.25) is 9.59 Å². The highest BCUT2D eigenvalue weighted by Crippen LogP contribution is 2.41. The minimum absolute atomic E-state index is 0.0935. The Morgan fingerprint density at radius 3 is 1.98 bits per heavy atom. The highest BCUT2D eigenvalue weighted by Gasteiger charge is 2.54. The predicted molar refractivity (Wildman–Crippen MR) is 184 cm³/mol. The predicted octanol–water partition coefficient (Wildman–Crippen LogP) is 2.52. The van der Waals surface area contributed by atoms with Crippen LogP contribution in [0.15, 0.2) is 0 Å². The van der Waals surface area contributed by atoms with E-state index in [1.165, 1.54) is 28.3 Å². The summed E-state index contributed by atoms with van der Waals surface area (Å²) in [6.45, 7) is 16.9. The zero-order valence-electron chi connectivity index (χ0n) is 32.9. The first-order valence-electron chi connectivity index (χ1n) is 18.4. The summed E-state index contributed by atoms with van der Waals surface area (Å²) in [6, 6.07) is 0. The maximum atomic E-state index is 14.1. The number of cyclic esters (lactones) is 1. The van der Waals surface area contributed by atoms with Crippen LogP contribution in [0, 0.1) is 23.7 Å². The van der Waals surface area contributed by atoms with Crippen LogP contribution in [-0.2, 0) is 47.5 Å². The number of carbonyl (C=O) groups excluding carboxylic acids is 2. The lowest BCUT2D eigenvalue weighted by Crippen LogP contribution is -2.61. The van der Waals surface area contributed by atoms with Crippen molar-refractivity contribution in [3.63, 3.8) is 0 Å². The smallest absolute Gasteiger partial charge is 0.311 e. The molecule has 3 fully saturated rings. The maximum absolute atomic E-state index is 14.1. The first-order valence-corrected chi connectivity index (χ1v) is 18.4. The van der Waals surface area contributed by atoms with Gasteiger partial charge in [0, 0.05) is 51.9 Å². The van der Waals surface area contributed by atoms with Gasteiger partial charge in [0.25, 0.3) is 0 Å². The SMILES string of the molecule is CC[C@@H]1OC(=O)[C@H](C)[C@H](O[C@H]2C[C@@](C)(OC)[C@@H](O)[C@H](C)O2)[C@H](C)[C@@H](O[C@@H]2O[C@H](C)C[C@H](OC)[C@H]2O)[C@@](C)(OC)C[C@@H](C)C(=O)[C@@H](C)[C@@H](O)[C@]1(C)O. The molecule has 0 spiro atoms. The van der Waals surface area contributed by atoms with Crippen LogP contribution in [0.25, 0.3) is 0 Å². The Hall–Kier alpha value is -1.30. The molecule has 3 heterocycles. The second-order valence-electron chi connectivity index (χ2n) is 15.9. The van der Waals surface area contributed by atoms with Crippen LogP contribution >= 0.6 is 0 Å². The zero-order chi connectivity index (χ0) is 38.8. The molecule has 3 aliphatic rings. The van der Waals surface area contributed by atoms with Crippen molar-refractivity contribution in [2.24, 2.45) is 23.7 Å². The molecule has 0 saturated carbocycles. The van der Waals surface area contributed by atoms with E-state index >= 15 is 0 Å². The van der Waals surface area contributed by atoms with E-state index < -0.39 is 108 Å². The summed E-state index contributed by atoms with van der Waals surface area (Å²) in [5, 5.41) is 45.2. The number of ketones is 1. The van der Waals surface area contributed by atoms with E-state index in [9.17, 15) is 30.0 Å². The lowest BCUT2D eigenvalue weighted by molar-refractivity contribution is -0.323. The molecule has 0 unspecified atom stereocenters. The third-order valence-corrected chi connectivity index (χ3v) is 11.9. The van der Waals surface area contributed by atoms with Gasteiger partial charge in [0.05, 0.1) is 53.7 Å². The van der Waals surface area contributed by atoms with Gasteiger partial charge in [0.2, 0.25) is 0 Å². The van der Waals surface area contributed by atoms with Gasteiger partial charge in [-0.2, -0.15) is 0 Å². The normalized spacial score (nSPS) is 49.6. The Bertz CT molecular complexity index is 1150. The molecule has 0 bridgehead atoms. The summed E-state index contributed by atoms with van der Waals surface area (Å²) in [5.74, 6) is -4.55. The van der Waals surface area contributed by atoms with Gasteiger partial charge in [-0.05, 0) is 54.4 Å². The lowest BCUT2D eigenvalue weighted by Gasteiger charge is -2.49. The number of ether oxygens (including phenoxy) is 8. The Labute approximate surface area is 303 Å². The number of hydrogen-bond donors (Lipinski definition) is 4. The molecule has 3 saturated heterocycles. The van der Waals surface area contributed by atoms with Crippen LogP contribution < -0.4 is 0 Å². The van der Waals surface area contributed by atoms with Crippen LogP contribution in [0.4, 0.5) is 0 Å². The van der Waals surface area contributed by atoms with Crippen molar-refractivity contribution in [2.75, 3.05) is 21.3 Å². The number of esters is 1. The molecule has 0 radical (unpaired) electrons. The Morgan fingerprint density at radius 2 is 1.43 bits per heavy atom. The average molecular weight is 735 g/mol. The first-order chi connectivity index (χ1) is 23.6. The van der Waals surface area contributed by atoms with Crippen molar-refractivity contribution in [3.05, 3.63) is 0 Å². The van der Waals surface area contributed by atoms with Gasteiger partial charge in [-0.15, -0.1) is 0 Å². The maximum Gasteiger partial charge on any atom is 0.311 e. The second-order valence-corrected chi connectivity index (χ2v) is 15.9. The minimum Gasteiger partial charge on any atom is -0.459 e. The van der Waals surface area contributed by atoms with Crippen LogP contribution in [0.5, 0.6) is 0 Å². The molecule has 0 aromatic heterocycles. The fourth-order valence-electron chi connectivity index (χ4n) is 8.29. The molecule has 0 aliphatic carbocycles. The summed E-state index contributed by atoms with van der Waals surface area (Å²) in [5.41, 5.74) is -4.27. The van der Waals surface area contributed by atoms with E-state index in [0.29, 0.717) is 6.42 Å². The quantitative estimate of drug-likeness (QED) is 0.266. The standard InChI is InChI=1S/C37H66O14/c1-14-25-37(10,43)30(40)20(4)27(38)18(2)16-36(9,46-13)32(51-34-28(39)24(44-11)15-19(3)47-34)21(5)29(22(6)33(42)49-25)50-26-17-35(8,45-12)31(41)23(7)48-26/h18-26,28-32,34,39-41,43H,14-17H2,1-13H3/t18-,19-,20-,21+,22-,23+,24+,25+,26+,28-,29-,30-,31+,32-,34+,35-,36+,37-/m1/s1. The molecule has 4 N–H and O–H groups in total. The molecular weight excluding hydrogens is 668 g/mol. The number of hydrogen-bond acceptors (Lipinski definition) is 14. The van der Waals surface area contributed by atoms with Crippen LogP contribution in [0.3, 0.4) is 0 Å². The van der Waals surface area contributed by atoms with Gasteiger partial charge in [-0.1, -0.05) is 27.7 Å². The summed E-state index contributed by atoms with van der Waals surface area (Å²) < 4.78 is 49.1. The monoisotopic (exact) mass is 734 g/mol. The van der Waals surface area contributed by atoms with Gasteiger partial charge >= 0.3 is 5.97 Å². The van der Waals surface area contributed by atoms with Gasteiger partial charge in [0.15, 0.2) is 12.6 Å². The highest BCUT2D eigenvalue weighted by atomic mass is 16.7. The van der Waals surface area contributed by atoms with E-state index in [4.69, 9.17) is 37.9 Å². The molecule has 3 rings (SSSR count). The summed E-state index contributed by atoms with van der Waals surface area (Å²) in [4.78, 5) is 28.1. The van der Waals surface area contributed by atoms with Crippen molar-refractivity contribution in [3.8, 4) is 0 Å².